The molecule has 0 saturated carbocycles. The average Bonchev–Trinajstić information content (AvgIpc) is 3.01. The molecule has 1 saturated heterocycles. The molecule has 4 rings (SSSR count). The van der Waals surface area contributed by atoms with Crippen LogP contribution in [-0.4, -0.2) is 43.9 Å². The molecule has 1 aliphatic rings. The first-order chi connectivity index (χ1) is 12.7. The summed E-state index contributed by atoms with van der Waals surface area (Å²) in [6.07, 6.45) is 7.69. The molecule has 0 amide bonds. The summed E-state index contributed by atoms with van der Waals surface area (Å²) in [7, 11) is 1.92. The van der Waals surface area contributed by atoms with Gasteiger partial charge in [0.05, 0.1) is 17.9 Å². The summed E-state index contributed by atoms with van der Waals surface area (Å²) in [5, 5.41) is 4.40. The van der Waals surface area contributed by atoms with Gasteiger partial charge in [-0.1, -0.05) is 6.07 Å². The van der Waals surface area contributed by atoms with Gasteiger partial charge in [0.15, 0.2) is 0 Å². The van der Waals surface area contributed by atoms with Gasteiger partial charge in [-0.05, 0) is 31.9 Å². The summed E-state index contributed by atoms with van der Waals surface area (Å²) >= 11 is 0. The third-order valence-electron chi connectivity index (χ3n) is 4.52. The number of aryl methyl sites for hydroxylation is 2. The van der Waals surface area contributed by atoms with E-state index in [1.807, 2.05) is 55.3 Å². The topological polar surface area (TPSA) is 69.0 Å². The van der Waals surface area contributed by atoms with Gasteiger partial charge in [-0.15, -0.1) is 0 Å². The second-order valence-corrected chi connectivity index (χ2v) is 6.54. The van der Waals surface area contributed by atoms with E-state index in [1.54, 1.807) is 6.20 Å². The largest absolute Gasteiger partial charge is 0.472 e. The van der Waals surface area contributed by atoms with Crippen LogP contribution in [-0.2, 0) is 7.05 Å². The van der Waals surface area contributed by atoms with E-state index in [9.17, 15) is 0 Å². The van der Waals surface area contributed by atoms with Crippen LogP contribution in [0.15, 0.2) is 42.9 Å². The molecule has 4 heterocycles. The Labute approximate surface area is 152 Å². The van der Waals surface area contributed by atoms with Crippen molar-refractivity contribution in [2.75, 3.05) is 18.0 Å². The summed E-state index contributed by atoms with van der Waals surface area (Å²) < 4.78 is 7.83. The first kappa shape index (κ1) is 16.5. The average molecular weight is 350 g/mol. The first-order valence-corrected chi connectivity index (χ1v) is 8.85. The molecule has 1 atom stereocenters. The van der Waals surface area contributed by atoms with Crippen LogP contribution in [0.2, 0.25) is 0 Å². The highest BCUT2D eigenvalue weighted by molar-refractivity contribution is 5.61. The van der Waals surface area contributed by atoms with Crippen molar-refractivity contribution in [3.8, 4) is 17.1 Å². The number of ether oxygens (including phenoxy) is 1. The highest BCUT2D eigenvalue weighted by atomic mass is 16.5. The van der Waals surface area contributed by atoms with Crippen molar-refractivity contribution in [2.24, 2.45) is 7.05 Å². The Morgan fingerprint density at radius 1 is 1.15 bits per heavy atom. The normalized spacial score (nSPS) is 17.3. The standard InChI is InChI=1S/C19H22N6O/c1-14-16(13-24(2)23-14)17-8-10-21-19(22-17)25-11-5-6-15(12-25)26-18-7-3-4-9-20-18/h3-4,7-10,13,15H,5-6,11-12H2,1-2H3. The molecule has 134 valence electrons. The van der Waals surface area contributed by atoms with Crippen molar-refractivity contribution in [2.45, 2.75) is 25.9 Å². The van der Waals surface area contributed by atoms with Crippen molar-refractivity contribution in [1.29, 1.82) is 0 Å². The highest BCUT2D eigenvalue weighted by Crippen LogP contribution is 2.24. The first-order valence-electron chi connectivity index (χ1n) is 8.85. The molecule has 1 unspecified atom stereocenters. The minimum absolute atomic E-state index is 0.0889. The number of anilines is 1. The lowest BCUT2D eigenvalue weighted by Crippen LogP contribution is -2.42. The fraction of sp³-hybridized carbons (Fsp3) is 0.368. The molecule has 0 radical (unpaired) electrons. The summed E-state index contributed by atoms with van der Waals surface area (Å²) in [6, 6.07) is 7.64. The van der Waals surface area contributed by atoms with Gasteiger partial charge in [0.2, 0.25) is 11.8 Å². The van der Waals surface area contributed by atoms with E-state index in [1.165, 1.54) is 0 Å². The summed E-state index contributed by atoms with van der Waals surface area (Å²) in [4.78, 5) is 15.7. The third-order valence-corrected chi connectivity index (χ3v) is 4.52. The van der Waals surface area contributed by atoms with Crippen molar-refractivity contribution >= 4 is 5.95 Å². The molecule has 3 aromatic rings. The summed E-state index contributed by atoms with van der Waals surface area (Å²) in [6.45, 7) is 3.68. The minimum atomic E-state index is 0.0889. The van der Waals surface area contributed by atoms with Crippen LogP contribution in [0.3, 0.4) is 0 Å². The zero-order chi connectivity index (χ0) is 17.9. The van der Waals surface area contributed by atoms with Crippen LogP contribution in [0.25, 0.3) is 11.3 Å². The molecule has 1 fully saturated rings. The van der Waals surface area contributed by atoms with Gasteiger partial charge < -0.3 is 9.64 Å². The Kier molecular flexibility index (Phi) is 4.51. The smallest absolute Gasteiger partial charge is 0.225 e. The molecule has 1 aliphatic heterocycles. The van der Waals surface area contributed by atoms with Gasteiger partial charge in [0, 0.05) is 43.8 Å². The van der Waals surface area contributed by atoms with Crippen LogP contribution in [0.1, 0.15) is 18.5 Å². The summed E-state index contributed by atoms with van der Waals surface area (Å²) in [5.74, 6) is 1.40. The lowest BCUT2D eigenvalue weighted by molar-refractivity contribution is 0.171. The Balaban J connectivity index is 1.52. The van der Waals surface area contributed by atoms with E-state index >= 15 is 0 Å². The number of hydrogen-bond acceptors (Lipinski definition) is 6. The maximum atomic E-state index is 6.02. The molecular weight excluding hydrogens is 328 g/mol. The van der Waals surface area contributed by atoms with E-state index in [4.69, 9.17) is 9.72 Å². The van der Waals surface area contributed by atoms with Crippen LogP contribution in [0.4, 0.5) is 5.95 Å². The number of piperidine rings is 1. The SMILES string of the molecule is Cc1nn(C)cc1-c1ccnc(N2CCCC(Oc3ccccn3)C2)n1. The third kappa shape index (κ3) is 3.51. The lowest BCUT2D eigenvalue weighted by atomic mass is 10.1. The molecule has 26 heavy (non-hydrogen) atoms. The predicted molar refractivity (Wildman–Crippen MR) is 99.1 cm³/mol. The van der Waals surface area contributed by atoms with Gasteiger partial charge in [-0.25, -0.2) is 15.0 Å². The number of rotatable bonds is 4. The molecule has 3 aromatic heterocycles. The Bertz CT molecular complexity index is 879. The minimum Gasteiger partial charge on any atom is -0.472 e. The van der Waals surface area contributed by atoms with Crippen LogP contribution < -0.4 is 9.64 Å². The van der Waals surface area contributed by atoms with E-state index in [-0.39, 0.29) is 6.10 Å². The zero-order valence-electron chi connectivity index (χ0n) is 15.0. The van der Waals surface area contributed by atoms with Gasteiger partial charge in [-0.3, -0.25) is 4.68 Å². The van der Waals surface area contributed by atoms with Crippen molar-refractivity contribution in [1.82, 2.24) is 24.7 Å². The lowest BCUT2D eigenvalue weighted by Gasteiger charge is -2.32. The van der Waals surface area contributed by atoms with Gasteiger partial charge in [-0.2, -0.15) is 5.10 Å². The van der Waals surface area contributed by atoms with Gasteiger partial charge in [0.25, 0.3) is 0 Å². The quantitative estimate of drug-likeness (QED) is 0.720. The fourth-order valence-electron chi connectivity index (χ4n) is 3.31. The maximum absolute atomic E-state index is 6.02. The Hall–Kier alpha value is -2.96. The Morgan fingerprint density at radius 3 is 2.85 bits per heavy atom. The number of hydrogen-bond donors (Lipinski definition) is 0. The monoisotopic (exact) mass is 350 g/mol. The number of nitrogens with zero attached hydrogens (tertiary/aromatic N) is 6. The van der Waals surface area contributed by atoms with E-state index in [0.29, 0.717) is 5.88 Å². The molecule has 7 nitrogen and oxygen atoms in total. The second-order valence-electron chi connectivity index (χ2n) is 6.54. The highest BCUT2D eigenvalue weighted by Gasteiger charge is 2.24. The fourth-order valence-corrected chi connectivity index (χ4v) is 3.31. The van der Waals surface area contributed by atoms with Crippen molar-refractivity contribution in [3.05, 3.63) is 48.5 Å². The van der Waals surface area contributed by atoms with Crippen LogP contribution >= 0.6 is 0 Å². The molecule has 0 N–H and O–H groups in total. The zero-order valence-corrected chi connectivity index (χ0v) is 15.0. The molecule has 0 aromatic carbocycles. The molecule has 7 heteroatoms. The van der Waals surface area contributed by atoms with Crippen LogP contribution in [0.5, 0.6) is 5.88 Å². The van der Waals surface area contributed by atoms with E-state index in [2.05, 4.69) is 20.0 Å². The number of aromatic nitrogens is 5. The second kappa shape index (κ2) is 7.11. The van der Waals surface area contributed by atoms with Crippen molar-refractivity contribution < 1.29 is 4.74 Å². The molecule has 0 aliphatic carbocycles. The van der Waals surface area contributed by atoms with E-state index < -0.39 is 0 Å². The van der Waals surface area contributed by atoms with E-state index in [0.717, 1.165) is 48.8 Å². The van der Waals surface area contributed by atoms with Gasteiger partial charge >= 0.3 is 0 Å². The number of pyridine rings is 1. The van der Waals surface area contributed by atoms with Crippen LogP contribution in [0, 0.1) is 6.92 Å². The molecule has 0 bridgehead atoms. The summed E-state index contributed by atoms with van der Waals surface area (Å²) in [5.41, 5.74) is 2.90. The predicted octanol–water partition coefficient (Wildman–Crippen LogP) is 2.63. The molecule has 0 spiro atoms. The molecular formula is C19H22N6O. The Morgan fingerprint density at radius 2 is 2.08 bits per heavy atom. The van der Waals surface area contributed by atoms with Crippen molar-refractivity contribution in [3.63, 3.8) is 0 Å². The van der Waals surface area contributed by atoms with Gasteiger partial charge in [0.1, 0.15) is 6.10 Å². The maximum Gasteiger partial charge on any atom is 0.225 e.